The van der Waals surface area contributed by atoms with E-state index in [9.17, 15) is 22.7 Å². The maximum absolute atomic E-state index is 13.4. The standard InChI is InChI=1S/C11H10F4O/c1-3-7-4-5-8(9(12)6-7)10(2,16)11(13,14)15/h3-6,16H,1H2,2H3. The molecule has 0 bridgehead atoms. The van der Waals surface area contributed by atoms with Crippen LogP contribution in [-0.2, 0) is 5.60 Å². The minimum atomic E-state index is -4.93. The lowest BCUT2D eigenvalue weighted by Gasteiger charge is -2.27. The third kappa shape index (κ3) is 2.09. The number of benzene rings is 1. The Balaban J connectivity index is 3.29. The van der Waals surface area contributed by atoms with E-state index in [-0.39, 0.29) is 0 Å². The summed E-state index contributed by atoms with van der Waals surface area (Å²) in [6, 6.07) is 3.05. The summed E-state index contributed by atoms with van der Waals surface area (Å²) in [6.07, 6.45) is -3.63. The Hall–Kier alpha value is -1.36. The molecule has 1 aromatic carbocycles. The lowest BCUT2D eigenvalue weighted by molar-refractivity contribution is -0.259. The van der Waals surface area contributed by atoms with Crippen LogP contribution in [0.2, 0.25) is 0 Å². The van der Waals surface area contributed by atoms with Gasteiger partial charge in [-0.1, -0.05) is 24.8 Å². The van der Waals surface area contributed by atoms with Gasteiger partial charge in [-0.2, -0.15) is 13.2 Å². The van der Waals surface area contributed by atoms with Crippen molar-refractivity contribution in [2.75, 3.05) is 0 Å². The number of rotatable bonds is 2. The van der Waals surface area contributed by atoms with Crippen LogP contribution in [0.15, 0.2) is 24.8 Å². The summed E-state index contributed by atoms with van der Waals surface area (Å²) in [7, 11) is 0. The van der Waals surface area contributed by atoms with Gasteiger partial charge in [0.25, 0.3) is 0 Å². The van der Waals surface area contributed by atoms with Gasteiger partial charge in [-0.3, -0.25) is 0 Å². The fraction of sp³-hybridized carbons (Fsp3) is 0.273. The smallest absolute Gasteiger partial charge is 0.376 e. The molecule has 0 aromatic heterocycles. The first-order valence-corrected chi connectivity index (χ1v) is 4.41. The maximum Gasteiger partial charge on any atom is 0.421 e. The van der Waals surface area contributed by atoms with Crippen molar-refractivity contribution in [3.05, 3.63) is 41.7 Å². The van der Waals surface area contributed by atoms with E-state index >= 15 is 0 Å². The van der Waals surface area contributed by atoms with Gasteiger partial charge in [0, 0.05) is 5.56 Å². The summed E-state index contributed by atoms with van der Waals surface area (Å²) < 4.78 is 50.7. The number of hydrogen-bond donors (Lipinski definition) is 1. The molecular formula is C11H10F4O. The Bertz CT molecular complexity index is 407. The van der Waals surface area contributed by atoms with E-state index in [1.54, 1.807) is 0 Å². The van der Waals surface area contributed by atoms with Gasteiger partial charge in [0.15, 0.2) is 5.60 Å². The van der Waals surface area contributed by atoms with E-state index < -0.39 is 23.2 Å². The highest BCUT2D eigenvalue weighted by Gasteiger charge is 2.52. The second-order valence-electron chi connectivity index (χ2n) is 3.51. The molecule has 1 nitrogen and oxygen atoms in total. The Kier molecular flexibility index (Phi) is 3.10. The average molecular weight is 234 g/mol. The molecule has 1 N–H and O–H groups in total. The van der Waals surface area contributed by atoms with Crippen LogP contribution in [0.5, 0.6) is 0 Å². The molecule has 16 heavy (non-hydrogen) atoms. The number of aliphatic hydroxyl groups is 1. The lowest BCUT2D eigenvalue weighted by atomic mass is 9.94. The fourth-order valence-electron chi connectivity index (χ4n) is 1.21. The second-order valence-corrected chi connectivity index (χ2v) is 3.51. The zero-order valence-electron chi connectivity index (χ0n) is 8.48. The molecule has 0 heterocycles. The first-order chi connectivity index (χ1) is 7.20. The Morgan fingerprint density at radius 2 is 1.88 bits per heavy atom. The van der Waals surface area contributed by atoms with Crippen LogP contribution in [0, 0.1) is 5.82 Å². The molecule has 0 fully saturated rings. The largest absolute Gasteiger partial charge is 0.421 e. The van der Waals surface area contributed by atoms with Crippen molar-refractivity contribution in [2.24, 2.45) is 0 Å². The minimum absolute atomic E-state index is 0.347. The molecule has 0 aliphatic carbocycles. The topological polar surface area (TPSA) is 20.2 Å². The predicted molar refractivity (Wildman–Crippen MR) is 52.1 cm³/mol. The van der Waals surface area contributed by atoms with Crippen LogP contribution in [0.25, 0.3) is 6.08 Å². The number of halogens is 4. The fourth-order valence-corrected chi connectivity index (χ4v) is 1.21. The molecule has 0 aliphatic rings. The maximum atomic E-state index is 13.4. The van der Waals surface area contributed by atoms with Crippen LogP contribution in [0.1, 0.15) is 18.1 Å². The highest BCUT2D eigenvalue weighted by molar-refractivity contribution is 5.48. The summed E-state index contributed by atoms with van der Waals surface area (Å²) in [5.74, 6) is -1.11. The molecule has 1 rings (SSSR count). The highest BCUT2D eigenvalue weighted by Crippen LogP contribution is 2.39. The average Bonchev–Trinajstić information content (AvgIpc) is 2.15. The quantitative estimate of drug-likeness (QED) is 0.779. The van der Waals surface area contributed by atoms with Gasteiger partial charge in [0.05, 0.1) is 0 Å². The Labute approximate surface area is 90.0 Å². The van der Waals surface area contributed by atoms with Gasteiger partial charge in [-0.05, 0) is 18.6 Å². The van der Waals surface area contributed by atoms with E-state index in [0.29, 0.717) is 12.5 Å². The summed E-state index contributed by atoms with van der Waals surface area (Å²) in [5.41, 5.74) is -3.65. The van der Waals surface area contributed by atoms with Crippen LogP contribution < -0.4 is 0 Å². The molecule has 0 spiro atoms. The number of hydrogen-bond acceptors (Lipinski definition) is 1. The van der Waals surface area contributed by atoms with Crippen molar-refractivity contribution in [3.63, 3.8) is 0 Å². The monoisotopic (exact) mass is 234 g/mol. The second kappa shape index (κ2) is 3.90. The number of alkyl halides is 3. The summed E-state index contributed by atoms with van der Waals surface area (Å²) >= 11 is 0. The molecule has 88 valence electrons. The van der Waals surface area contributed by atoms with Crippen molar-refractivity contribution in [3.8, 4) is 0 Å². The zero-order valence-corrected chi connectivity index (χ0v) is 8.48. The molecule has 1 unspecified atom stereocenters. The summed E-state index contributed by atoms with van der Waals surface area (Å²) in [6.45, 7) is 3.87. The first-order valence-electron chi connectivity index (χ1n) is 4.41. The lowest BCUT2D eigenvalue weighted by Crippen LogP contribution is -2.40. The van der Waals surface area contributed by atoms with Crippen molar-refractivity contribution in [2.45, 2.75) is 18.7 Å². The van der Waals surface area contributed by atoms with Crippen molar-refractivity contribution >= 4 is 6.08 Å². The highest BCUT2D eigenvalue weighted by atomic mass is 19.4. The third-order valence-electron chi connectivity index (χ3n) is 2.31. The van der Waals surface area contributed by atoms with Gasteiger partial charge in [-0.25, -0.2) is 4.39 Å². The van der Waals surface area contributed by atoms with Crippen LogP contribution in [0.4, 0.5) is 17.6 Å². The normalized spacial score (nSPS) is 15.6. The molecule has 0 saturated heterocycles. The molecule has 1 aromatic rings. The summed E-state index contributed by atoms with van der Waals surface area (Å²) in [5, 5.41) is 9.28. The van der Waals surface area contributed by atoms with Crippen molar-refractivity contribution in [1.82, 2.24) is 0 Å². The van der Waals surface area contributed by atoms with Gasteiger partial charge >= 0.3 is 6.18 Å². The Morgan fingerprint density at radius 3 is 2.25 bits per heavy atom. The third-order valence-corrected chi connectivity index (χ3v) is 2.31. The van der Waals surface area contributed by atoms with Crippen molar-refractivity contribution < 1.29 is 22.7 Å². The minimum Gasteiger partial charge on any atom is -0.376 e. The molecule has 0 amide bonds. The van der Waals surface area contributed by atoms with Crippen LogP contribution >= 0.6 is 0 Å². The van der Waals surface area contributed by atoms with Gasteiger partial charge < -0.3 is 5.11 Å². The molecular weight excluding hydrogens is 224 g/mol. The van der Waals surface area contributed by atoms with Crippen molar-refractivity contribution in [1.29, 1.82) is 0 Å². The van der Waals surface area contributed by atoms with Gasteiger partial charge in [-0.15, -0.1) is 0 Å². The molecule has 0 radical (unpaired) electrons. The predicted octanol–water partition coefficient (Wildman–Crippen LogP) is 3.24. The van der Waals surface area contributed by atoms with E-state index in [2.05, 4.69) is 6.58 Å². The van der Waals surface area contributed by atoms with Gasteiger partial charge in [0.2, 0.25) is 0 Å². The zero-order chi connectivity index (χ0) is 12.6. The molecule has 0 saturated carbocycles. The SMILES string of the molecule is C=Cc1ccc(C(C)(O)C(F)(F)F)c(F)c1. The van der Waals surface area contributed by atoms with Gasteiger partial charge in [0.1, 0.15) is 5.82 Å². The molecule has 0 aliphatic heterocycles. The van der Waals surface area contributed by atoms with Crippen LogP contribution in [0.3, 0.4) is 0 Å². The van der Waals surface area contributed by atoms with E-state index in [0.717, 1.165) is 12.1 Å². The van der Waals surface area contributed by atoms with E-state index in [4.69, 9.17) is 0 Å². The molecule has 5 heteroatoms. The first kappa shape index (κ1) is 12.7. The van der Waals surface area contributed by atoms with Crippen LogP contribution in [-0.4, -0.2) is 11.3 Å². The molecule has 1 atom stereocenters. The Morgan fingerprint density at radius 1 is 1.31 bits per heavy atom. The van der Waals surface area contributed by atoms with E-state index in [1.807, 2.05) is 0 Å². The van der Waals surface area contributed by atoms with E-state index in [1.165, 1.54) is 12.1 Å². The summed E-state index contributed by atoms with van der Waals surface area (Å²) in [4.78, 5) is 0.